The van der Waals surface area contributed by atoms with Gasteiger partial charge in [-0.05, 0) is 53.7 Å². The van der Waals surface area contributed by atoms with Gasteiger partial charge in [0.15, 0.2) is 5.82 Å². The highest BCUT2D eigenvalue weighted by molar-refractivity contribution is 9.10. The molecule has 26 heavy (non-hydrogen) atoms. The van der Waals surface area contributed by atoms with Crippen molar-refractivity contribution in [3.8, 4) is 11.4 Å². The summed E-state index contributed by atoms with van der Waals surface area (Å²) in [4.78, 5) is 12.1. The average molecular weight is 420 g/mol. The van der Waals surface area contributed by atoms with Crippen LogP contribution in [-0.2, 0) is 4.79 Å². The van der Waals surface area contributed by atoms with Gasteiger partial charge in [-0.1, -0.05) is 22.0 Å². The minimum absolute atomic E-state index is 0.0601. The number of aryl methyl sites for hydroxylation is 1. The molecule has 0 fully saturated rings. The minimum Gasteiger partial charge on any atom is -0.493 e. The zero-order valence-electron chi connectivity index (χ0n) is 13.8. The first kappa shape index (κ1) is 18.0. The van der Waals surface area contributed by atoms with E-state index in [9.17, 15) is 9.18 Å². The molecule has 134 valence electrons. The van der Waals surface area contributed by atoms with Crippen molar-refractivity contribution in [2.24, 2.45) is 0 Å². The first-order valence-corrected chi connectivity index (χ1v) is 8.55. The monoisotopic (exact) mass is 419 g/mol. The summed E-state index contributed by atoms with van der Waals surface area (Å²) in [7, 11) is 0. The van der Waals surface area contributed by atoms with Crippen molar-refractivity contribution in [1.82, 2.24) is 20.2 Å². The van der Waals surface area contributed by atoms with Gasteiger partial charge in [0.05, 0.1) is 24.4 Å². The molecular weight excluding hydrogens is 405 g/mol. The Kier molecular flexibility index (Phi) is 5.57. The molecule has 1 amide bonds. The molecule has 0 saturated heterocycles. The highest BCUT2D eigenvalue weighted by atomic mass is 79.9. The summed E-state index contributed by atoms with van der Waals surface area (Å²) >= 11 is 3.35. The van der Waals surface area contributed by atoms with Crippen molar-refractivity contribution in [3.05, 3.63) is 58.6 Å². The number of carbonyl (C=O) groups is 1. The lowest BCUT2D eigenvalue weighted by Gasteiger charge is -2.10. The molecule has 0 aliphatic heterocycles. The Hall–Kier alpha value is -2.81. The second-order valence-corrected chi connectivity index (χ2v) is 6.32. The van der Waals surface area contributed by atoms with Crippen LogP contribution in [0.3, 0.4) is 0 Å². The van der Waals surface area contributed by atoms with Gasteiger partial charge >= 0.3 is 0 Å². The van der Waals surface area contributed by atoms with E-state index in [1.807, 2.05) is 12.1 Å². The number of halogens is 2. The topological polar surface area (TPSA) is 81.9 Å². The number of amides is 1. The number of carbonyl (C=O) groups excluding carboxylic acids is 1. The number of ether oxygens (including phenoxy) is 1. The molecule has 7 nitrogen and oxygen atoms in total. The Morgan fingerprint density at radius 3 is 2.88 bits per heavy atom. The third-order valence-electron chi connectivity index (χ3n) is 3.49. The second-order valence-electron chi connectivity index (χ2n) is 5.41. The smallest absolute Gasteiger partial charge is 0.227 e. The van der Waals surface area contributed by atoms with Gasteiger partial charge in [-0.25, -0.2) is 4.39 Å². The first-order valence-electron chi connectivity index (χ1n) is 7.76. The van der Waals surface area contributed by atoms with Gasteiger partial charge in [-0.15, -0.1) is 5.10 Å². The van der Waals surface area contributed by atoms with E-state index in [4.69, 9.17) is 4.74 Å². The Morgan fingerprint density at radius 1 is 1.31 bits per heavy atom. The number of anilines is 1. The number of hydrogen-bond donors (Lipinski definition) is 1. The molecule has 0 spiro atoms. The fourth-order valence-corrected chi connectivity index (χ4v) is 2.62. The number of nitrogens with one attached hydrogen (secondary N) is 1. The van der Waals surface area contributed by atoms with Crippen LogP contribution in [0, 0.1) is 12.7 Å². The third kappa shape index (κ3) is 4.42. The number of aromatic nitrogens is 4. The molecule has 3 rings (SSSR count). The summed E-state index contributed by atoms with van der Waals surface area (Å²) in [6.07, 6.45) is 0.0834. The molecule has 0 radical (unpaired) electrons. The second kappa shape index (κ2) is 8.05. The van der Waals surface area contributed by atoms with Gasteiger partial charge in [-0.2, -0.15) is 4.68 Å². The Bertz CT molecular complexity index is 931. The fraction of sp³-hybridized carbons (Fsp3) is 0.176. The first-order chi connectivity index (χ1) is 12.5. The molecule has 1 aromatic heterocycles. The van der Waals surface area contributed by atoms with E-state index < -0.39 is 5.82 Å². The molecule has 0 aliphatic rings. The Morgan fingerprint density at radius 2 is 2.15 bits per heavy atom. The van der Waals surface area contributed by atoms with Crippen LogP contribution in [-0.4, -0.2) is 32.7 Å². The van der Waals surface area contributed by atoms with Crippen LogP contribution >= 0.6 is 15.9 Å². The molecular formula is C17H15BrFN5O2. The minimum atomic E-state index is -0.541. The molecule has 1 heterocycles. The average Bonchev–Trinajstić information content (AvgIpc) is 3.03. The van der Waals surface area contributed by atoms with E-state index in [0.29, 0.717) is 17.3 Å². The summed E-state index contributed by atoms with van der Waals surface area (Å²) in [5.74, 6) is 0.302. The van der Waals surface area contributed by atoms with Gasteiger partial charge < -0.3 is 10.1 Å². The van der Waals surface area contributed by atoms with Crippen molar-refractivity contribution >= 4 is 27.5 Å². The molecule has 0 atom stereocenters. The zero-order valence-corrected chi connectivity index (χ0v) is 15.4. The van der Waals surface area contributed by atoms with Gasteiger partial charge in [-0.3, -0.25) is 4.79 Å². The SMILES string of the molecule is Cc1nnnn1-c1ccc(F)c(NC(=O)CCOc2cccc(Br)c2)c1. The molecule has 9 heteroatoms. The van der Waals surface area contributed by atoms with Crippen molar-refractivity contribution in [2.75, 3.05) is 11.9 Å². The number of hydrogen-bond acceptors (Lipinski definition) is 5. The molecule has 0 unspecified atom stereocenters. The van der Waals surface area contributed by atoms with E-state index in [-0.39, 0.29) is 24.6 Å². The van der Waals surface area contributed by atoms with Crippen molar-refractivity contribution in [3.63, 3.8) is 0 Å². The molecule has 1 N–H and O–H groups in total. The molecule has 3 aromatic rings. The summed E-state index contributed by atoms with van der Waals surface area (Å²) in [6, 6.07) is 11.6. The maximum absolute atomic E-state index is 14.0. The van der Waals surface area contributed by atoms with E-state index in [1.54, 1.807) is 19.1 Å². The number of benzene rings is 2. The van der Waals surface area contributed by atoms with E-state index >= 15 is 0 Å². The van der Waals surface area contributed by atoms with Crippen LogP contribution in [0.4, 0.5) is 10.1 Å². The quantitative estimate of drug-likeness (QED) is 0.662. The predicted octanol–water partition coefficient (Wildman–Crippen LogP) is 3.28. The highest BCUT2D eigenvalue weighted by Gasteiger charge is 2.11. The van der Waals surface area contributed by atoms with E-state index in [1.165, 1.54) is 22.9 Å². The number of nitrogens with zero attached hydrogens (tertiary/aromatic N) is 4. The number of rotatable bonds is 6. The Balaban J connectivity index is 1.61. The van der Waals surface area contributed by atoms with Crippen LogP contribution in [0.15, 0.2) is 46.9 Å². The van der Waals surface area contributed by atoms with Crippen LogP contribution in [0.2, 0.25) is 0 Å². The zero-order chi connectivity index (χ0) is 18.5. The highest BCUT2D eigenvalue weighted by Crippen LogP contribution is 2.20. The van der Waals surface area contributed by atoms with Crippen LogP contribution in [0.5, 0.6) is 5.75 Å². The van der Waals surface area contributed by atoms with Gasteiger partial charge in [0.2, 0.25) is 5.91 Å². The largest absolute Gasteiger partial charge is 0.493 e. The van der Waals surface area contributed by atoms with Gasteiger partial charge in [0.25, 0.3) is 0 Å². The van der Waals surface area contributed by atoms with Gasteiger partial charge in [0, 0.05) is 4.47 Å². The normalized spacial score (nSPS) is 10.6. The lowest BCUT2D eigenvalue weighted by Crippen LogP contribution is -2.16. The maximum atomic E-state index is 14.0. The van der Waals surface area contributed by atoms with Gasteiger partial charge in [0.1, 0.15) is 11.6 Å². The van der Waals surface area contributed by atoms with Crippen LogP contribution in [0.1, 0.15) is 12.2 Å². The molecule has 0 saturated carbocycles. The summed E-state index contributed by atoms with van der Waals surface area (Å²) in [6.45, 7) is 1.90. The van der Waals surface area contributed by atoms with Crippen LogP contribution < -0.4 is 10.1 Å². The summed E-state index contributed by atoms with van der Waals surface area (Å²) in [5.41, 5.74) is 0.611. The summed E-state index contributed by atoms with van der Waals surface area (Å²) < 4.78 is 21.8. The van der Waals surface area contributed by atoms with Crippen molar-refractivity contribution in [1.29, 1.82) is 0 Å². The standard InChI is InChI=1S/C17H15BrFN5O2/c1-11-21-22-23-24(11)13-5-6-15(19)16(10-13)20-17(25)7-8-26-14-4-2-3-12(18)9-14/h2-6,9-10H,7-8H2,1H3,(H,20,25). The lowest BCUT2D eigenvalue weighted by molar-refractivity contribution is -0.116. The third-order valence-corrected chi connectivity index (χ3v) is 3.98. The van der Waals surface area contributed by atoms with Crippen molar-refractivity contribution < 1.29 is 13.9 Å². The maximum Gasteiger partial charge on any atom is 0.227 e. The molecule has 0 bridgehead atoms. The number of tetrazole rings is 1. The Labute approximate surface area is 157 Å². The lowest BCUT2D eigenvalue weighted by atomic mass is 10.2. The fourth-order valence-electron chi connectivity index (χ4n) is 2.24. The van der Waals surface area contributed by atoms with E-state index in [0.717, 1.165) is 4.47 Å². The molecule has 0 aliphatic carbocycles. The van der Waals surface area contributed by atoms with E-state index in [2.05, 4.69) is 36.8 Å². The summed E-state index contributed by atoms with van der Waals surface area (Å²) in [5, 5.41) is 13.7. The predicted molar refractivity (Wildman–Crippen MR) is 96.7 cm³/mol. The van der Waals surface area contributed by atoms with Crippen molar-refractivity contribution in [2.45, 2.75) is 13.3 Å². The molecule has 2 aromatic carbocycles. The van der Waals surface area contributed by atoms with Crippen LogP contribution in [0.25, 0.3) is 5.69 Å².